The highest BCUT2D eigenvalue weighted by molar-refractivity contribution is 7.86. The summed E-state index contributed by atoms with van der Waals surface area (Å²) in [6.07, 6.45) is 5.38. The zero-order chi connectivity index (χ0) is 23.0. The Morgan fingerprint density at radius 3 is 2.78 bits per heavy atom. The van der Waals surface area contributed by atoms with Crippen LogP contribution in [0.4, 0.5) is 11.6 Å². The van der Waals surface area contributed by atoms with Crippen molar-refractivity contribution in [2.75, 3.05) is 23.9 Å². The minimum Gasteiger partial charge on any atom is -0.382 e. The van der Waals surface area contributed by atoms with Gasteiger partial charge in [0.1, 0.15) is 23.3 Å². The Kier molecular flexibility index (Phi) is 5.79. The maximum absolute atomic E-state index is 11.4. The van der Waals surface area contributed by atoms with Crippen LogP contribution < -0.4 is 11.1 Å². The molecule has 4 rings (SSSR count). The van der Waals surface area contributed by atoms with Crippen LogP contribution in [0.1, 0.15) is 48.3 Å². The van der Waals surface area contributed by atoms with E-state index in [1.165, 1.54) is 4.52 Å². The van der Waals surface area contributed by atoms with Gasteiger partial charge >= 0.3 is 0 Å². The number of nitrogens with zero attached hydrogens (tertiary/aromatic N) is 6. The van der Waals surface area contributed by atoms with Crippen LogP contribution in [-0.2, 0) is 27.1 Å². The molecule has 3 N–H and O–H groups in total. The van der Waals surface area contributed by atoms with Gasteiger partial charge in [-0.1, -0.05) is 6.92 Å². The molecule has 1 aliphatic carbocycles. The highest BCUT2D eigenvalue weighted by Gasteiger charge is 2.36. The molecule has 1 aliphatic rings. The van der Waals surface area contributed by atoms with Crippen molar-refractivity contribution in [1.29, 1.82) is 5.26 Å². The van der Waals surface area contributed by atoms with Gasteiger partial charge in [0.15, 0.2) is 5.65 Å². The van der Waals surface area contributed by atoms with Crippen molar-refractivity contribution in [3.8, 4) is 6.07 Å². The van der Waals surface area contributed by atoms with Crippen LogP contribution in [0.3, 0.4) is 0 Å². The number of hydrogen-bond acceptors (Lipinski definition) is 9. The number of fused-ring (bicyclic) bond motifs is 1. The number of nitrogen functional groups attached to an aromatic ring is 1. The van der Waals surface area contributed by atoms with Gasteiger partial charge in [0.2, 0.25) is 0 Å². The van der Waals surface area contributed by atoms with Crippen LogP contribution in [-0.4, -0.2) is 51.7 Å². The molecule has 32 heavy (non-hydrogen) atoms. The van der Waals surface area contributed by atoms with E-state index in [4.69, 9.17) is 9.92 Å². The topological polar surface area (TPSA) is 153 Å². The Balaban J connectivity index is 1.46. The molecule has 0 bridgehead atoms. The van der Waals surface area contributed by atoms with E-state index in [1.54, 1.807) is 4.68 Å². The van der Waals surface area contributed by atoms with Gasteiger partial charge in [0.05, 0.1) is 29.8 Å². The van der Waals surface area contributed by atoms with E-state index in [0.717, 1.165) is 36.0 Å². The second-order valence-electron chi connectivity index (χ2n) is 7.93. The van der Waals surface area contributed by atoms with Crippen molar-refractivity contribution in [1.82, 2.24) is 24.4 Å². The maximum atomic E-state index is 11.4. The lowest BCUT2D eigenvalue weighted by molar-refractivity contribution is 0.0534. The molecule has 12 heteroatoms. The van der Waals surface area contributed by atoms with Gasteiger partial charge in [0, 0.05) is 24.7 Å². The van der Waals surface area contributed by atoms with Crippen molar-refractivity contribution >= 4 is 27.4 Å². The minimum atomic E-state index is -3.49. The van der Waals surface area contributed by atoms with Crippen LogP contribution >= 0.6 is 0 Å². The summed E-state index contributed by atoms with van der Waals surface area (Å²) in [4.78, 5) is 4.62. The molecule has 2 unspecified atom stereocenters. The zero-order valence-electron chi connectivity index (χ0n) is 18.2. The van der Waals surface area contributed by atoms with Gasteiger partial charge in [-0.25, -0.2) is 4.98 Å². The third kappa shape index (κ3) is 4.13. The van der Waals surface area contributed by atoms with Gasteiger partial charge in [-0.05, 0) is 32.3 Å². The second-order valence-corrected chi connectivity index (χ2v) is 9.53. The van der Waals surface area contributed by atoms with Gasteiger partial charge in [-0.2, -0.15) is 28.4 Å². The normalized spacial score (nSPS) is 18.4. The molecule has 11 nitrogen and oxygen atoms in total. The van der Waals surface area contributed by atoms with Gasteiger partial charge in [-0.3, -0.25) is 8.86 Å². The summed E-state index contributed by atoms with van der Waals surface area (Å²) in [7, 11) is -3.49. The first-order chi connectivity index (χ1) is 15.2. The Hall–Kier alpha value is -3.17. The maximum Gasteiger partial charge on any atom is 0.264 e. The standard InChI is InChI=1S/C20H26N8O3S/c1-4-14-12(2)25-28-18(22)15(11-21)19(24-20(14)28)23-9-7-13-8-10-27(26-13)16-5-6-17(16)31-32(3,29)30/h8,10,16-17H,4-7,9,22H2,1-3H3,(H,23,24). The molecule has 3 heterocycles. The predicted octanol–water partition coefficient (Wildman–Crippen LogP) is 1.58. The van der Waals surface area contributed by atoms with Crippen molar-refractivity contribution < 1.29 is 12.6 Å². The first kappa shape index (κ1) is 22.0. The SMILES string of the molecule is CCc1c(C)nn2c(N)c(C#N)c(NCCc3ccn(C4CCC4OS(C)(=O)=O)n3)nc12. The fraction of sp³-hybridized carbons (Fsp3) is 0.500. The first-order valence-electron chi connectivity index (χ1n) is 10.5. The largest absolute Gasteiger partial charge is 0.382 e. The van der Waals surface area contributed by atoms with Gasteiger partial charge in [0.25, 0.3) is 10.1 Å². The zero-order valence-corrected chi connectivity index (χ0v) is 19.1. The smallest absolute Gasteiger partial charge is 0.264 e. The van der Waals surface area contributed by atoms with Crippen molar-refractivity contribution in [3.63, 3.8) is 0 Å². The lowest BCUT2D eigenvalue weighted by Gasteiger charge is -2.35. The molecule has 0 aliphatic heterocycles. The molecular formula is C20H26N8O3S. The average Bonchev–Trinajstić information content (AvgIpc) is 3.29. The fourth-order valence-corrected chi connectivity index (χ4v) is 4.64. The van der Waals surface area contributed by atoms with Crippen LogP contribution in [0.5, 0.6) is 0 Å². The molecule has 0 spiro atoms. The van der Waals surface area contributed by atoms with Crippen LogP contribution in [0.2, 0.25) is 0 Å². The number of rotatable bonds is 8. The van der Waals surface area contributed by atoms with Crippen molar-refractivity contribution in [3.05, 3.63) is 34.8 Å². The lowest BCUT2D eigenvalue weighted by Crippen LogP contribution is -2.38. The summed E-state index contributed by atoms with van der Waals surface area (Å²) in [5.41, 5.74) is 9.77. The summed E-state index contributed by atoms with van der Waals surface area (Å²) >= 11 is 0. The molecule has 1 fully saturated rings. The molecule has 0 saturated heterocycles. The highest BCUT2D eigenvalue weighted by atomic mass is 32.2. The number of nitrogens with two attached hydrogens (primary N) is 1. The van der Waals surface area contributed by atoms with E-state index in [0.29, 0.717) is 30.9 Å². The molecule has 3 aromatic rings. The first-order valence-corrected chi connectivity index (χ1v) is 12.3. The van der Waals surface area contributed by atoms with Crippen LogP contribution in [0.25, 0.3) is 5.65 Å². The molecule has 3 aromatic heterocycles. The summed E-state index contributed by atoms with van der Waals surface area (Å²) < 4.78 is 31.2. The summed E-state index contributed by atoms with van der Waals surface area (Å²) in [5.74, 6) is 0.682. The number of anilines is 2. The Labute approximate surface area is 186 Å². The average molecular weight is 459 g/mol. The summed E-state index contributed by atoms with van der Waals surface area (Å²) in [6, 6.07) is 3.92. The molecule has 170 valence electrons. The number of aromatic nitrogens is 5. The number of aryl methyl sites for hydroxylation is 2. The second kappa shape index (κ2) is 8.40. The quantitative estimate of drug-likeness (QED) is 0.479. The van der Waals surface area contributed by atoms with E-state index < -0.39 is 10.1 Å². The molecule has 1 saturated carbocycles. The minimum absolute atomic E-state index is 0.0851. The fourth-order valence-electron chi connectivity index (χ4n) is 3.97. The van der Waals surface area contributed by atoms with Gasteiger partial charge in [-0.15, -0.1) is 0 Å². The van der Waals surface area contributed by atoms with E-state index in [9.17, 15) is 13.7 Å². The number of nitriles is 1. The molecular weight excluding hydrogens is 432 g/mol. The summed E-state index contributed by atoms with van der Waals surface area (Å²) in [5, 5.41) is 21.8. The molecule has 0 amide bonds. The van der Waals surface area contributed by atoms with E-state index in [-0.39, 0.29) is 23.5 Å². The van der Waals surface area contributed by atoms with Crippen molar-refractivity contribution in [2.24, 2.45) is 0 Å². The number of hydrogen-bond donors (Lipinski definition) is 2. The van der Waals surface area contributed by atoms with Gasteiger partial charge < -0.3 is 11.1 Å². The molecule has 0 aromatic carbocycles. The van der Waals surface area contributed by atoms with E-state index in [2.05, 4.69) is 26.6 Å². The molecule has 0 radical (unpaired) electrons. The Bertz CT molecular complexity index is 1300. The third-order valence-electron chi connectivity index (χ3n) is 5.71. The van der Waals surface area contributed by atoms with Crippen LogP contribution in [0.15, 0.2) is 12.3 Å². The van der Waals surface area contributed by atoms with E-state index >= 15 is 0 Å². The monoisotopic (exact) mass is 458 g/mol. The number of nitrogens with one attached hydrogen (secondary N) is 1. The van der Waals surface area contributed by atoms with Crippen molar-refractivity contribution in [2.45, 2.75) is 51.7 Å². The van der Waals surface area contributed by atoms with Crippen LogP contribution in [0, 0.1) is 18.3 Å². The highest BCUT2D eigenvalue weighted by Crippen LogP contribution is 2.35. The lowest BCUT2D eigenvalue weighted by atomic mass is 9.89. The summed E-state index contributed by atoms with van der Waals surface area (Å²) in [6.45, 7) is 4.42. The Morgan fingerprint density at radius 2 is 2.16 bits per heavy atom. The molecule has 2 atom stereocenters. The Morgan fingerprint density at radius 1 is 1.38 bits per heavy atom. The third-order valence-corrected chi connectivity index (χ3v) is 6.31. The predicted molar refractivity (Wildman–Crippen MR) is 119 cm³/mol. The van der Waals surface area contributed by atoms with E-state index in [1.807, 2.05) is 26.1 Å².